The van der Waals surface area contributed by atoms with Crippen molar-refractivity contribution < 1.29 is 14.3 Å². The fraction of sp³-hybridized carbons (Fsp3) is 0.385. The van der Waals surface area contributed by atoms with E-state index >= 15 is 0 Å². The number of hydrogen-bond acceptors (Lipinski definition) is 8. The molecule has 0 atom stereocenters. The van der Waals surface area contributed by atoms with Crippen LogP contribution in [0.3, 0.4) is 0 Å². The monoisotopic (exact) mass is 515 g/mol. The van der Waals surface area contributed by atoms with Gasteiger partial charge >= 0.3 is 6.09 Å². The number of anilines is 2. The van der Waals surface area contributed by atoms with E-state index in [-0.39, 0.29) is 23.5 Å². The van der Waals surface area contributed by atoms with E-state index in [2.05, 4.69) is 25.3 Å². The molecular weight excluding hydrogens is 486 g/mol. The third kappa shape index (κ3) is 4.82. The van der Waals surface area contributed by atoms with Crippen LogP contribution in [0.5, 0.6) is 0 Å². The number of fused-ring (bicyclic) bond motifs is 2. The van der Waals surface area contributed by atoms with Gasteiger partial charge in [0.1, 0.15) is 17.2 Å². The van der Waals surface area contributed by atoms with Crippen molar-refractivity contribution in [1.29, 1.82) is 5.26 Å². The quantitative estimate of drug-likeness (QED) is 0.440. The molecule has 3 aromatic heterocycles. The van der Waals surface area contributed by atoms with Crippen molar-refractivity contribution in [3.05, 3.63) is 47.7 Å². The third-order valence-corrected chi connectivity index (χ3v) is 6.19. The van der Waals surface area contributed by atoms with E-state index in [1.54, 1.807) is 32.4 Å². The first-order valence-electron chi connectivity index (χ1n) is 12.3. The molecular formula is C26H29N9O3. The molecule has 1 fully saturated rings. The number of carbonyl (C=O) groups is 2. The largest absolute Gasteiger partial charge is 0.444 e. The van der Waals surface area contributed by atoms with E-state index in [9.17, 15) is 14.9 Å². The highest BCUT2D eigenvalue weighted by atomic mass is 16.6. The Labute approximate surface area is 219 Å². The maximum absolute atomic E-state index is 13.3. The second-order valence-electron chi connectivity index (χ2n) is 10.3. The summed E-state index contributed by atoms with van der Waals surface area (Å²) >= 11 is 0. The van der Waals surface area contributed by atoms with Crippen molar-refractivity contribution in [3.63, 3.8) is 0 Å². The molecule has 1 aliphatic rings. The Balaban J connectivity index is 1.38. The number of imidazole rings is 1. The summed E-state index contributed by atoms with van der Waals surface area (Å²) in [6, 6.07) is 5.68. The van der Waals surface area contributed by atoms with Crippen molar-refractivity contribution in [2.24, 2.45) is 7.05 Å². The lowest BCUT2D eigenvalue weighted by Crippen LogP contribution is -2.50. The number of rotatable bonds is 3. The minimum atomic E-state index is -0.540. The molecule has 0 radical (unpaired) electrons. The van der Waals surface area contributed by atoms with Crippen LogP contribution in [0, 0.1) is 18.3 Å². The molecule has 38 heavy (non-hydrogen) atoms. The third-order valence-electron chi connectivity index (χ3n) is 6.19. The Morgan fingerprint density at radius 3 is 2.50 bits per heavy atom. The van der Waals surface area contributed by atoms with Crippen LogP contribution < -0.4 is 10.2 Å². The summed E-state index contributed by atoms with van der Waals surface area (Å²) < 4.78 is 8.85. The average Bonchev–Trinajstić information content (AvgIpc) is 3.43. The van der Waals surface area contributed by atoms with Crippen LogP contribution in [0.25, 0.3) is 16.6 Å². The molecule has 12 nitrogen and oxygen atoms in total. The van der Waals surface area contributed by atoms with Crippen molar-refractivity contribution in [2.45, 2.75) is 33.3 Å². The van der Waals surface area contributed by atoms with Gasteiger partial charge in [-0.2, -0.15) is 10.4 Å². The zero-order chi connectivity index (χ0) is 27.2. The fourth-order valence-corrected chi connectivity index (χ4v) is 4.56. The van der Waals surface area contributed by atoms with Gasteiger partial charge in [0.05, 0.1) is 17.5 Å². The molecule has 1 aliphatic heterocycles. The zero-order valence-electron chi connectivity index (χ0n) is 22.0. The van der Waals surface area contributed by atoms with Crippen LogP contribution in [0.1, 0.15) is 42.5 Å². The summed E-state index contributed by atoms with van der Waals surface area (Å²) in [6.07, 6.45) is 4.96. The predicted octanol–water partition coefficient (Wildman–Crippen LogP) is 3.11. The van der Waals surface area contributed by atoms with Crippen LogP contribution in [0.2, 0.25) is 0 Å². The van der Waals surface area contributed by atoms with E-state index in [1.165, 1.54) is 0 Å². The van der Waals surface area contributed by atoms with Gasteiger partial charge in [-0.25, -0.2) is 14.8 Å². The van der Waals surface area contributed by atoms with Gasteiger partial charge in [-0.3, -0.25) is 9.48 Å². The highest BCUT2D eigenvalue weighted by molar-refractivity contribution is 6.13. The van der Waals surface area contributed by atoms with Gasteiger partial charge in [-0.15, -0.1) is 0 Å². The van der Waals surface area contributed by atoms with Gasteiger partial charge in [0.2, 0.25) is 0 Å². The Kier molecular flexibility index (Phi) is 6.14. The standard InChI is InChI=1S/C26H29N9O3/c1-16-13-35-15-21(29-19(12-27)23(35)28-16)30-24(36)17-6-7-20(18-14-32(5)31-22(17)18)33-8-10-34(11-9-33)25(37)38-26(2,3)4/h6-7,13-15H,8-11H2,1-5H3,(H,30,36). The molecule has 0 spiro atoms. The number of hydrogen-bond donors (Lipinski definition) is 1. The van der Waals surface area contributed by atoms with Crippen molar-refractivity contribution in [3.8, 4) is 6.07 Å². The molecule has 4 heterocycles. The summed E-state index contributed by atoms with van der Waals surface area (Å²) in [5.41, 5.74) is 2.64. The SMILES string of the molecule is Cc1cn2cc(NC(=O)c3ccc(N4CCN(C(=O)OC(C)(C)C)CC4)c4cn(C)nc34)nc(C#N)c2n1. The second-order valence-corrected chi connectivity index (χ2v) is 10.3. The Bertz CT molecular complexity index is 1600. The number of carbonyl (C=O) groups excluding carboxylic acids is 2. The molecule has 0 bridgehead atoms. The fourth-order valence-electron chi connectivity index (χ4n) is 4.56. The van der Waals surface area contributed by atoms with Gasteiger partial charge in [-0.05, 0) is 39.8 Å². The lowest BCUT2D eigenvalue weighted by molar-refractivity contribution is 0.0240. The number of aromatic nitrogens is 5. The molecule has 1 N–H and O–H groups in total. The van der Waals surface area contributed by atoms with Gasteiger partial charge in [0, 0.05) is 56.7 Å². The Hall–Kier alpha value is -4.66. The van der Waals surface area contributed by atoms with Crippen molar-refractivity contribution >= 4 is 40.1 Å². The normalized spacial score (nSPS) is 14.1. The molecule has 5 rings (SSSR count). The number of nitriles is 1. The summed E-state index contributed by atoms with van der Waals surface area (Å²) in [7, 11) is 1.81. The topological polar surface area (TPSA) is 134 Å². The predicted molar refractivity (Wildman–Crippen MR) is 141 cm³/mol. The van der Waals surface area contributed by atoms with Crippen LogP contribution in [0.4, 0.5) is 16.3 Å². The lowest BCUT2D eigenvalue weighted by Gasteiger charge is -2.37. The maximum Gasteiger partial charge on any atom is 0.410 e. The molecule has 12 heteroatoms. The number of nitrogens with one attached hydrogen (secondary N) is 1. The highest BCUT2D eigenvalue weighted by Crippen LogP contribution is 2.30. The maximum atomic E-state index is 13.3. The van der Waals surface area contributed by atoms with Crippen LogP contribution in [-0.2, 0) is 11.8 Å². The molecule has 1 aromatic carbocycles. The summed E-state index contributed by atoms with van der Waals surface area (Å²) in [4.78, 5) is 38.2. The first-order valence-corrected chi connectivity index (χ1v) is 12.3. The summed E-state index contributed by atoms with van der Waals surface area (Å²) in [6.45, 7) is 9.70. The first-order chi connectivity index (χ1) is 18.0. The van der Waals surface area contributed by atoms with Crippen LogP contribution in [-0.4, -0.2) is 72.8 Å². The number of amides is 2. The van der Waals surface area contributed by atoms with Crippen molar-refractivity contribution in [2.75, 3.05) is 36.4 Å². The summed E-state index contributed by atoms with van der Waals surface area (Å²) in [5, 5.41) is 17.7. The smallest absolute Gasteiger partial charge is 0.410 e. The van der Waals surface area contributed by atoms with E-state index in [0.29, 0.717) is 42.9 Å². The van der Waals surface area contributed by atoms with E-state index in [4.69, 9.17) is 4.74 Å². The molecule has 0 saturated carbocycles. The van der Waals surface area contributed by atoms with E-state index in [1.807, 2.05) is 53.1 Å². The number of aryl methyl sites for hydroxylation is 2. The number of piperazine rings is 1. The minimum Gasteiger partial charge on any atom is -0.444 e. The Morgan fingerprint density at radius 1 is 1.08 bits per heavy atom. The van der Waals surface area contributed by atoms with Gasteiger partial charge in [-0.1, -0.05) is 0 Å². The summed E-state index contributed by atoms with van der Waals surface area (Å²) in [5.74, 6) is -0.148. The Morgan fingerprint density at radius 2 is 1.82 bits per heavy atom. The highest BCUT2D eigenvalue weighted by Gasteiger charge is 2.27. The first kappa shape index (κ1) is 25.0. The van der Waals surface area contributed by atoms with Crippen LogP contribution >= 0.6 is 0 Å². The average molecular weight is 516 g/mol. The lowest BCUT2D eigenvalue weighted by atomic mass is 10.1. The molecule has 196 valence electrons. The van der Waals surface area contributed by atoms with Gasteiger partial charge in [0.15, 0.2) is 17.2 Å². The number of benzene rings is 1. The molecule has 1 saturated heterocycles. The molecule has 4 aromatic rings. The zero-order valence-corrected chi connectivity index (χ0v) is 22.0. The van der Waals surface area contributed by atoms with Gasteiger partial charge < -0.3 is 24.3 Å². The van der Waals surface area contributed by atoms with Crippen molar-refractivity contribution in [1.82, 2.24) is 29.0 Å². The molecule has 0 aliphatic carbocycles. The number of ether oxygens (including phenoxy) is 1. The van der Waals surface area contributed by atoms with Crippen LogP contribution in [0.15, 0.2) is 30.7 Å². The molecule has 0 unspecified atom stereocenters. The van der Waals surface area contributed by atoms with E-state index < -0.39 is 5.60 Å². The van der Waals surface area contributed by atoms with Gasteiger partial charge in [0.25, 0.3) is 5.91 Å². The molecule has 2 amide bonds. The number of nitrogens with zero attached hydrogens (tertiary/aromatic N) is 8. The minimum absolute atomic E-state index is 0.125. The second kappa shape index (κ2) is 9.33. The van der Waals surface area contributed by atoms with E-state index in [0.717, 1.165) is 16.8 Å².